The van der Waals surface area contributed by atoms with Crippen molar-refractivity contribution >= 4 is 0 Å². The molecule has 18 heavy (non-hydrogen) atoms. The molecule has 0 amide bonds. The van der Waals surface area contributed by atoms with Gasteiger partial charge in [-0.3, -0.25) is 5.10 Å². The first kappa shape index (κ1) is 13.0. The van der Waals surface area contributed by atoms with E-state index in [0.717, 1.165) is 25.1 Å². The summed E-state index contributed by atoms with van der Waals surface area (Å²) in [6, 6.07) is 2.08. The summed E-state index contributed by atoms with van der Waals surface area (Å²) in [4.78, 5) is 4.43. The van der Waals surface area contributed by atoms with Crippen LogP contribution in [0.1, 0.15) is 51.2 Å². The summed E-state index contributed by atoms with van der Waals surface area (Å²) in [6.45, 7) is 4.91. The van der Waals surface area contributed by atoms with Crippen LogP contribution in [0.15, 0.2) is 0 Å². The van der Waals surface area contributed by atoms with Crippen molar-refractivity contribution in [2.75, 3.05) is 6.61 Å². The molecule has 2 unspecified atom stereocenters. The molecule has 1 aliphatic rings. The second-order valence-electron chi connectivity index (χ2n) is 5.07. The number of rotatable bonds is 4. The van der Waals surface area contributed by atoms with E-state index in [-0.39, 0.29) is 12.0 Å². The van der Waals surface area contributed by atoms with Gasteiger partial charge in [0.05, 0.1) is 12.5 Å². The topological polar surface area (TPSA) is 74.6 Å². The third kappa shape index (κ3) is 2.54. The number of hydrogen-bond donors (Lipinski definition) is 1. The third-order valence-corrected chi connectivity index (χ3v) is 3.56. The van der Waals surface area contributed by atoms with Crippen molar-refractivity contribution in [3.8, 4) is 6.07 Å². The van der Waals surface area contributed by atoms with Gasteiger partial charge >= 0.3 is 0 Å². The fourth-order valence-electron chi connectivity index (χ4n) is 2.83. The lowest BCUT2D eigenvalue weighted by atomic mass is 9.78. The van der Waals surface area contributed by atoms with Crippen molar-refractivity contribution in [3.63, 3.8) is 0 Å². The first-order valence-electron chi connectivity index (χ1n) is 6.63. The first-order chi connectivity index (χ1) is 8.70. The summed E-state index contributed by atoms with van der Waals surface area (Å²) in [5.41, 5.74) is -0.351. The van der Waals surface area contributed by atoms with E-state index in [2.05, 4.69) is 28.2 Å². The molecule has 98 valence electrons. The normalized spacial score (nSPS) is 27.9. The molecule has 1 aromatic rings. The van der Waals surface area contributed by atoms with Gasteiger partial charge in [0.25, 0.3) is 0 Å². The molecule has 5 nitrogen and oxygen atoms in total. The van der Waals surface area contributed by atoms with Crippen LogP contribution in [0.2, 0.25) is 0 Å². The van der Waals surface area contributed by atoms with Gasteiger partial charge in [0.2, 0.25) is 0 Å². The van der Waals surface area contributed by atoms with Crippen molar-refractivity contribution in [1.82, 2.24) is 15.2 Å². The van der Waals surface area contributed by atoms with E-state index in [9.17, 15) is 0 Å². The van der Waals surface area contributed by atoms with Gasteiger partial charge in [-0.15, -0.1) is 0 Å². The summed E-state index contributed by atoms with van der Waals surface area (Å²) < 4.78 is 5.99. The van der Waals surface area contributed by atoms with Crippen molar-refractivity contribution in [2.24, 2.45) is 5.92 Å². The van der Waals surface area contributed by atoms with Gasteiger partial charge < -0.3 is 4.74 Å². The fraction of sp³-hybridized carbons (Fsp3) is 0.769. The molecule has 1 aliphatic carbocycles. The minimum absolute atomic E-state index is 0.269. The zero-order valence-corrected chi connectivity index (χ0v) is 11.1. The largest absolute Gasteiger partial charge is 0.367 e. The highest BCUT2D eigenvalue weighted by atomic mass is 16.5. The van der Waals surface area contributed by atoms with Crippen molar-refractivity contribution < 1.29 is 4.74 Å². The van der Waals surface area contributed by atoms with E-state index in [1.54, 1.807) is 0 Å². The Balaban J connectivity index is 2.25. The summed E-state index contributed by atoms with van der Waals surface area (Å²) in [6.07, 6.45) is 4.58. The van der Waals surface area contributed by atoms with Gasteiger partial charge in [-0.1, -0.05) is 13.3 Å². The Labute approximate surface area is 108 Å². The van der Waals surface area contributed by atoms with Gasteiger partial charge in [0.15, 0.2) is 5.82 Å². The van der Waals surface area contributed by atoms with Crippen LogP contribution in [0.3, 0.4) is 0 Å². The smallest absolute Gasteiger partial charge is 0.182 e. The van der Waals surface area contributed by atoms with Gasteiger partial charge in [-0.05, 0) is 32.1 Å². The van der Waals surface area contributed by atoms with Crippen molar-refractivity contribution in [1.29, 1.82) is 5.26 Å². The Hall–Kier alpha value is -1.41. The Bertz CT molecular complexity index is 432. The van der Waals surface area contributed by atoms with E-state index in [0.29, 0.717) is 18.3 Å². The molecule has 1 saturated carbocycles. The van der Waals surface area contributed by atoms with Crippen molar-refractivity contribution in [2.45, 2.75) is 51.6 Å². The lowest BCUT2D eigenvalue weighted by molar-refractivity contribution is -0.0879. The summed E-state index contributed by atoms with van der Waals surface area (Å²) in [5.74, 6) is 1.98. The second kappa shape index (κ2) is 5.49. The van der Waals surface area contributed by atoms with Crippen LogP contribution < -0.4 is 0 Å². The Morgan fingerprint density at radius 3 is 3.11 bits per heavy atom. The quantitative estimate of drug-likeness (QED) is 0.887. The third-order valence-electron chi connectivity index (χ3n) is 3.56. The van der Waals surface area contributed by atoms with Gasteiger partial charge in [-0.2, -0.15) is 10.4 Å². The van der Waals surface area contributed by atoms with Crippen LogP contribution in [0.25, 0.3) is 0 Å². The minimum Gasteiger partial charge on any atom is -0.367 e. The Morgan fingerprint density at radius 2 is 2.44 bits per heavy atom. The molecule has 0 aliphatic heterocycles. The SMILES string of the molecule is CCOC1(c2n[nH]c(CC#N)n2)CCCC(C)C1. The molecule has 1 N–H and O–H groups in total. The maximum Gasteiger partial charge on any atom is 0.182 e. The number of nitrogens with one attached hydrogen (secondary N) is 1. The molecule has 0 bridgehead atoms. The monoisotopic (exact) mass is 248 g/mol. The lowest BCUT2D eigenvalue weighted by Crippen LogP contribution is -2.36. The molecular formula is C13H20N4O. The van der Waals surface area contributed by atoms with Crippen molar-refractivity contribution in [3.05, 3.63) is 11.6 Å². The maximum absolute atomic E-state index is 8.68. The molecule has 5 heteroatoms. The van der Waals surface area contributed by atoms with E-state index >= 15 is 0 Å². The van der Waals surface area contributed by atoms with Gasteiger partial charge in [0.1, 0.15) is 11.4 Å². The molecule has 0 radical (unpaired) electrons. The predicted molar refractivity (Wildman–Crippen MR) is 66.6 cm³/mol. The lowest BCUT2D eigenvalue weighted by Gasteiger charge is -2.37. The number of hydrogen-bond acceptors (Lipinski definition) is 4. The zero-order chi connectivity index (χ0) is 13.0. The van der Waals surface area contributed by atoms with E-state index in [1.807, 2.05) is 6.92 Å². The highest BCUT2D eigenvalue weighted by Crippen LogP contribution is 2.41. The summed E-state index contributed by atoms with van der Waals surface area (Å²) in [5, 5.41) is 15.8. The molecule has 2 rings (SSSR count). The van der Waals surface area contributed by atoms with Crippen LogP contribution in [-0.2, 0) is 16.8 Å². The summed E-state index contributed by atoms with van der Waals surface area (Å²) >= 11 is 0. The van der Waals surface area contributed by atoms with E-state index < -0.39 is 0 Å². The molecule has 1 heterocycles. The van der Waals surface area contributed by atoms with E-state index in [4.69, 9.17) is 10.00 Å². The van der Waals surface area contributed by atoms with Crippen LogP contribution in [0.5, 0.6) is 0 Å². The Kier molecular flexibility index (Phi) is 3.97. The standard InChI is InChI=1S/C13H20N4O/c1-3-18-13(7-4-5-10(2)9-13)12-15-11(6-8-14)16-17-12/h10H,3-7,9H2,1-2H3,(H,15,16,17). The average Bonchev–Trinajstić information content (AvgIpc) is 2.79. The minimum atomic E-state index is -0.351. The second-order valence-corrected chi connectivity index (χ2v) is 5.07. The maximum atomic E-state index is 8.68. The molecule has 0 aromatic carbocycles. The highest BCUT2D eigenvalue weighted by molar-refractivity contribution is 5.07. The molecule has 2 atom stereocenters. The van der Waals surface area contributed by atoms with E-state index in [1.165, 1.54) is 6.42 Å². The average molecular weight is 248 g/mol. The number of aromatic nitrogens is 3. The zero-order valence-electron chi connectivity index (χ0n) is 11.1. The number of H-pyrrole nitrogens is 1. The van der Waals surface area contributed by atoms with Gasteiger partial charge in [0, 0.05) is 6.61 Å². The number of nitrogens with zero attached hydrogens (tertiary/aromatic N) is 3. The molecule has 1 fully saturated rings. The number of ether oxygens (including phenoxy) is 1. The molecule has 0 saturated heterocycles. The molecule has 1 aromatic heterocycles. The first-order valence-corrected chi connectivity index (χ1v) is 6.63. The van der Waals surface area contributed by atoms with Crippen LogP contribution >= 0.6 is 0 Å². The highest BCUT2D eigenvalue weighted by Gasteiger charge is 2.40. The number of nitriles is 1. The molecule has 0 spiro atoms. The predicted octanol–water partition coefficient (Wildman–Crippen LogP) is 2.31. The summed E-state index contributed by atoms with van der Waals surface area (Å²) in [7, 11) is 0. The fourth-order valence-corrected chi connectivity index (χ4v) is 2.83. The van der Waals surface area contributed by atoms with Crippen LogP contribution in [0.4, 0.5) is 0 Å². The Morgan fingerprint density at radius 1 is 1.61 bits per heavy atom. The molecular weight excluding hydrogens is 228 g/mol. The number of aromatic amines is 1. The van der Waals surface area contributed by atoms with Gasteiger partial charge in [-0.25, -0.2) is 4.98 Å². The van der Waals surface area contributed by atoms with Crippen LogP contribution in [-0.4, -0.2) is 21.8 Å². The van der Waals surface area contributed by atoms with Crippen LogP contribution in [0, 0.1) is 17.2 Å².